The fourth-order valence-corrected chi connectivity index (χ4v) is 2.41. The van der Waals surface area contributed by atoms with E-state index >= 15 is 0 Å². The first kappa shape index (κ1) is 14.4. The van der Waals surface area contributed by atoms with Crippen molar-refractivity contribution in [2.75, 3.05) is 0 Å². The number of nitro benzene ring substituents is 1. The summed E-state index contributed by atoms with van der Waals surface area (Å²) in [6.45, 7) is 0. The maximum atomic E-state index is 13.2. The highest BCUT2D eigenvalue weighted by Gasteiger charge is 2.21. The Morgan fingerprint density at radius 3 is 2.77 bits per heavy atom. The van der Waals surface area contributed by atoms with Gasteiger partial charge in [0, 0.05) is 6.20 Å². The van der Waals surface area contributed by atoms with Gasteiger partial charge < -0.3 is 4.74 Å². The summed E-state index contributed by atoms with van der Waals surface area (Å²) in [4.78, 5) is 14.9. The predicted octanol–water partition coefficient (Wildman–Crippen LogP) is 4.84. The number of halogens is 2. The number of hydrogen-bond donors (Lipinski definition) is 0. The number of pyridine rings is 1. The van der Waals surface area contributed by atoms with E-state index in [1.165, 1.54) is 24.3 Å². The monoisotopic (exact) mass is 362 g/mol. The molecule has 3 rings (SSSR count). The summed E-state index contributed by atoms with van der Waals surface area (Å²) >= 11 is 3.05. The Labute approximate surface area is 132 Å². The van der Waals surface area contributed by atoms with Gasteiger partial charge in [0.1, 0.15) is 11.6 Å². The Bertz CT molecular complexity index is 886. The molecular weight excluding hydrogens is 355 g/mol. The quantitative estimate of drug-likeness (QED) is 0.494. The SMILES string of the molecule is O=[N+]([O-])c1c(Oc2ccc(F)c(Br)c2)ccc2ncccc12. The zero-order valence-electron chi connectivity index (χ0n) is 11.0. The summed E-state index contributed by atoms with van der Waals surface area (Å²) in [6.07, 6.45) is 1.56. The highest BCUT2D eigenvalue weighted by atomic mass is 79.9. The Morgan fingerprint density at radius 1 is 1.23 bits per heavy atom. The second kappa shape index (κ2) is 5.69. The summed E-state index contributed by atoms with van der Waals surface area (Å²) in [7, 11) is 0. The molecule has 0 N–H and O–H groups in total. The third-order valence-corrected chi connectivity index (χ3v) is 3.63. The molecule has 0 unspecified atom stereocenters. The normalized spacial score (nSPS) is 10.6. The average Bonchev–Trinajstić information content (AvgIpc) is 2.50. The van der Waals surface area contributed by atoms with Gasteiger partial charge >= 0.3 is 5.69 Å². The Balaban J connectivity index is 2.12. The van der Waals surface area contributed by atoms with Crippen LogP contribution >= 0.6 is 15.9 Å². The lowest BCUT2D eigenvalue weighted by atomic mass is 10.1. The Hall–Kier alpha value is -2.54. The van der Waals surface area contributed by atoms with E-state index < -0.39 is 10.7 Å². The van der Waals surface area contributed by atoms with Gasteiger partial charge in [0.2, 0.25) is 5.75 Å². The molecule has 7 heteroatoms. The number of benzene rings is 2. The molecule has 0 radical (unpaired) electrons. The molecule has 0 aliphatic heterocycles. The summed E-state index contributed by atoms with van der Waals surface area (Å²) in [5.41, 5.74) is 0.327. The van der Waals surface area contributed by atoms with Crippen molar-refractivity contribution in [3.05, 3.63) is 69.1 Å². The minimum atomic E-state index is -0.516. The number of nitro groups is 1. The van der Waals surface area contributed by atoms with E-state index in [1.54, 1.807) is 24.4 Å². The number of nitrogens with zero attached hydrogens (tertiary/aromatic N) is 2. The highest BCUT2D eigenvalue weighted by Crippen LogP contribution is 2.37. The topological polar surface area (TPSA) is 65.3 Å². The smallest absolute Gasteiger partial charge is 0.320 e. The fourth-order valence-electron chi connectivity index (χ4n) is 2.05. The number of ether oxygens (including phenoxy) is 1. The minimum absolute atomic E-state index is 0.0732. The van der Waals surface area contributed by atoms with Gasteiger partial charge in [-0.3, -0.25) is 15.1 Å². The van der Waals surface area contributed by atoms with Crippen molar-refractivity contribution < 1.29 is 14.1 Å². The van der Waals surface area contributed by atoms with Crippen molar-refractivity contribution >= 4 is 32.5 Å². The molecule has 22 heavy (non-hydrogen) atoms. The van der Waals surface area contributed by atoms with Crippen molar-refractivity contribution in [2.45, 2.75) is 0 Å². The molecule has 0 saturated carbocycles. The van der Waals surface area contributed by atoms with E-state index in [-0.39, 0.29) is 15.9 Å². The Kier molecular flexibility index (Phi) is 3.72. The summed E-state index contributed by atoms with van der Waals surface area (Å²) in [6, 6.07) is 10.4. The highest BCUT2D eigenvalue weighted by molar-refractivity contribution is 9.10. The van der Waals surface area contributed by atoms with E-state index in [1.807, 2.05) is 0 Å². The second-order valence-corrected chi connectivity index (χ2v) is 5.27. The molecule has 0 atom stereocenters. The molecule has 110 valence electrons. The molecular formula is C15H8BrFN2O3. The summed E-state index contributed by atoms with van der Waals surface area (Å²) < 4.78 is 19.0. The van der Waals surface area contributed by atoms with Crippen LogP contribution in [-0.2, 0) is 0 Å². The van der Waals surface area contributed by atoms with Crippen LogP contribution in [-0.4, -0.2) is 9.91 Å². The van der Waals surface area contributed by atoms with Crippen LogP contribution in [0, 0.1) is 15.9 Å². The minimum Gasteiger partial charge on any atom is -0.450 e. The molecule has 1 heterocycles. The number of fused-ring (bicyclic) bond motifs is 1. The standard InChI is InChI=1S/C15H8BrFN2O3/c16-11-8-9(3-4-12(11)17)22-14-6-5-13-10(2-1-7-18-13)15(14)19(20)21/h1-8H. The largest absolute Gasteiger partial charge is 0.450 e. The second-order valence-electron chi connectivity index (χ2n) is 4.42. The molecule has 3 aromatic rings. The molecule has 0 amide bonds. The van der Waals surface area contributed by atoms with Crippen LogP contribution in [0.3, 0.4) is 0 Å². The molecule has 5 nitrogen and oxygen atoms in total. The zero-order chi connectivity index (χ0) is 15.7. The van der Waals surface area contributed by atoms with Gasteiger partial charge in [-0.15, -0.1) is 0 Å². The van der Waals surface area contributed by atoms with Gasteiger partial charge in [0.05, 0.1) is 20.3 Å². The van der Waals surface area contributed by atoms with Gasteiger partial charge in [-0.25, -0.2) is 4.39 Å². The van der Waals surface area contributed by atoms with Crippen LogP contribution in [0.4, 0.5) is 10.1 Å². The van der Waals surface area contributed by atoms with Gasteiger partial charge in [-0.05, 0) is 58.4 Å². The molecule has 0 aliphatic rings. The van der Waals surface area contributed by atoms with Crippen LogP contribution < -0.4 is 4.74 Å². The molecule has 0 aliphatic carbocycles. The van der Waals surface area contributed by atoms with Crippen molar-refractivity contribution in [2.24, 2.45) is 0 Å². The molecule has 0 bridgehead atoms. The van der Waals surface area contributed by atoms with Crippen LogP contribution in [0.15, 0.2) is 53.1 Å². The van der Waals surface area contributed by atoms with Gasteiger partial charge in [0.25, 0.3) is 0 Å². The number of aromatic nitrogens is 1. The van der Waals surface area contributed by atoms with Crippen LogP contribution in [0.5, 0.6) is 11.5 Å². The van der Waals surface area contributed by atoms with Crippen LogP contribution in [0.25, 0.3) is 10.9 Å². The lowest BCUT2D eigenvalue weighted by Gasteiger charge is -2.08. The van der Waals surface area contributed by atoms with E-state index in [0.717, 1.165) is 0 Å². The lowest BCUT2D eigenvalue weighted by molar-refractivity contribution is -0.383. The molecule has 0 spiro atoms. The van der Waals surface area contributed by atoms with Crippen molar-refractivity contribution in [3.63, 3.8) is 0 Å². The van der Waals surface area contributed by atoms with E-state index in [4.69, 9.17) is 4.74 Å². The molecule has 0 saturated heterocycles. The first-order valence-corrected chi connectivity index (χ1v) is 7.00. The molecule has 2 aromatic carbocycles. The van der Waals surface area contributed by atoms with E-state index in [0.29, 0.717) is 16.7 Å². The first-order chi connectivity index (χ1) is 10.6. The van der Waals surface area contributed by atoms with Crippen LogP contribution in [0.2, 0.25) is 0 Å². The van der Waals surface area contributed by atoms with E-state index in [2.05, 4.69) is 20.9 Å². The Morgan fingerprint density at radius 2 is 2.05 bits per heavy atom. The van der Waals surface area contributed by atoms with Gasteiger partial charge in [-0.2, -0.15) is 0 Å². The lowest BCUT2D eigenvalue weighted by Crippen LogP contribution is -1.95. The van der Waals surface area contributed by atoms with Gasteiger partial charge in [0.15, 0.2) is 0 Å². The summed E-state index contributed by atoms with van der Waals surface area (Å²) in [5.74, 6) is -0.0758. The first-order valence-electron chi connectivity index (χ1n) is 6.21. The molecule has 1 aromatic heterocycles. The van der Waals surface area contributed by atoms with Crippen LogP contribution in [0.1, 0.15) is 0 Å². The maximum absolute atomic E-state index is 13.2. The predicted molar refractivity (Wildman–Crippen MR) is 82.6 cm³/mol. The van der Waals surface area contributed by atoms with Gasteiger partial charge in [-0.1, -0.05) is 0 Å². The average molecular weight is 363 g/mol. The zero-order valence-corrected chi connectivity index (χ0v) is 12.6. The van der Waals surface area contributed by atoms with Crippen molar-refractivity contribution in [1.82, 2.24) is 4.98 Å². The third kappa shape index (κ3) is 2.62. The van der Waals surface area contributed by atoms with Crippen molar-refractivity contribution in [1.29, 1.82) is 0 Å². The third-order valence-electron chi connectivity index (χ3n) is 3.02. The molecule has 0 fully saturated rings. The number of hydrogen-bond acceptors (Lipinski definition) is 4. The van der Waals surface area contributed by atoms with E-state index in [9.17, 15) is 14.5 Å². The summed E-state index contributed by atoms with van der Waals surface area (Å²) in [5, 5.41) is 11.8. The maximum Gasteiger partial charge on any atom is 0.320 e. The fraction of sp³-hybridized carbons (Fsp3) is 0. The number of rotatable bonds is 3. The van der Waals surface area contributed by atoms with Crippen molar-refractivity contribution in [3.8, 4) is 11.5 Å².